The van der Waals surface area contributed by atoms with Crippen molar-refractivity contribution in [2.75, 3.05) is 6.61 Å². The van der Waals surface area contributed by atoms with Crippen LogP contribution < -0.4 is 14.8 Å². The number of ether oxygens (including phenoxy) is 1. The fraction of sp³-hybridized carbons (Fsp3) is 0.700. The van der Waals surface area contributed by atoms with Gasteiger partial charge in [0.1, 0.15) is 10.6 Å². The van der Waals surface area contributed by atoms with Crippen LogP contribution in [0.4, 0.5) is 0 Å². The summed E-state index contributed by atoms with van der Waals surface area (Å²) in [5.74, 6) is 0.443. The van der Waals surface area contributed by atoms with Crippen LogP contribution in [0.5, 0.6) is 5.75 Å². The van der Waals surface area contributed by atoms with Gasteiger partial charge < -0.3 is 10.1 Å². The number of unbranched alkanes of at least 4 members (excludes halogenated alkanes) is 1. The summed E-state index contributed by atoms with van der Waals surface area (Å²) in [5, 5.41) is 3.58. The van der Waals surface area contributed by atoms with Crippen molar-refractivity contribution < 1.29 is 13.2 Å². The van der Waals surface area contributed by atoms with Crippen LogP contribution in [-0.4, -0.2) is 32.1 Å². The quantitative estimate of drug-likeness (QED) is 0.705. The highest BCUT2D eigenvalue weighted by atomic mass is 32.2. The van der Waals surface area contributed by atoms with Crippen molar-refractivity contribution in [2.45, 2.75) is 89.2 Å². The molecule has 0 spiro atoms. The SMILES string of the molecule is CCCCOc1cc(C)ccc1S(=O)(=O)NC1CC(C)(C)NC(C)(C)C1. The van der Waals surface area contributed by atoms with Crippen molar-refractivity contribution in [3.05, 3.63) is 23.8 Å². The molecule has 1 heterocycles. The van der Waals surface area contributed by atoms with E-state index in [9.17, 15) is 8.42 Å². The third kappa shape index (κ3) is 5.69. The maximum atomic E-state index is 13.1. The average Bonchev–Trinajstić information content (AvgIpc) is 2.43. The maximum absolute atomic E-state index is 13.1. The molecule has 26 heavy (non-hydrogen) atoms. The monoisotopic (exact) mass is 382 g/mol. The molecule has 6 heteroatoms. The van der Waals surface area contributed by atoms with E-state index in [4.69, 9.17) is 4.74 Å². The van der Waals surface area contributed by atoms with Crippen LogP contribution in [0.2, 0.25) is 0 Å². The van der Waals surface area contributed by atoms with Crippen LogP contribution in [-0.2, 0) is 10.0 Å². The predicted octanol–water partition coefficient (Wildman–Crippen LogP) is 3.76. The molecule has 0 aliphatic carbocycles. The van der Waals surface area contributed by atoms with Crippen LogP contribution in [0, 0.1) is 6.92 Å². The average molecular weight is 383 g/mol. The highest BCUT2D eigenvalue weighted by Crippen LogP contribution is 2.31. The zero-order valence-corrected chi connectivity index (χ0v) is 17.8. The van der Waals surface area contributed by atoms with Gasteiger partial charge in [0.05, 0.1) is 6.61 Å². The second-order valence-corrected chi connectivity index (χ2v) is 10.5. The molecule has 2 rings (SSSR count). The standard InChI is InChI=1S/C20H34N2O3S/c1-7-8-11-25-17-12-15(2)9-10-18(17)26(23,24)21-16-13-19(3,4)22-20(5,6)14-16/h9-10,12,16,21-22H,7-8,11,13-14H2,1-6H3. The Bertz CT molecular complexity index is 711. The van der Waals surface area contributed by atoms with Crippen molar-refractivity contribution in [3.8, 4) is 5.75 Å². The van der Waals surface area contributed by atoms with Gasteiger partial charge in [0.15, 0.2) is 0 Å². The van der Waals surface area contributed by atoms with E-state index >= 15 is 0 Å². The minimum atomic E-state index is -3.65. The van der Waals surface area contributed by atoms with Crippen molar-refractivity contribution in [2.24, 2.45) is 0 Å². The third-order valence-corrected chi connectivity index (χ3v) is 6.22. The molecule has 0 atom stereocenters. The molecule has 0 amide bonds. The van der Waals surface area contributed by atoms with Gasteiger partial charge >= 0.3 is 0 Å². The van der Waals surface area contributed by atoms with E-state index in [1.807, 2.05) is 13.0 Å². The fourth-order valence-electron chi connectivity index (χ4n) is 3.97. The lowest BCUT2D eigenvalue weighted by atomic mass is 9.80. The van der Waals surface area contributed by atoms with Crippen molar-refractivity contribution in [1.29, 1.82) is 0 Å². The first-order valence-electron chi connectivity index (χ1n) is 9.49. The Balaban J connectivity index is 2.24. The summed E-state index contributed by atoms with van der Waals surface area (Å²) in [6.07, 6.45) is 3.39. The van der Waals surface area contributed by atoms with E-state index < -0.39 is 10.0 Å². The molecular weight excluding hydrogens is 348 g/mol. The lowest BCUT2D eigenvalue weighted by Crippen LogP contribution is -2.62. The van der Waals surface area contributed by atoms with E-state index in [-0.39, 0.29) is 22.0 Å². The lowest BCUT2D eigenvalue weighted by molar-refractivity contribution is 0.157. The Kier molecular flexibility index (Phi) is 6.41. The van der Waals surface area contributed by atoms with Gasteiger partial charge in [-0.2, -0.15) is 0 Å². The number of hydrogen-bond acceptors (Lipinski definition) is 4. The van der Waals surface area contributed by atoms with Gasteiger partial charge in [-0.15, -0.1) is 0 Å². The number of sulfonamides is 1. The molecule has 0 unspecified atom stereocenters. The second kappa shape index (κ2) is 7.87. The van der Waals surface area contributed by atoms with Gasteiger partial charge in [0.2, 0.25) is 10.0 Å². The molecule has 0 radical (unpaired) electrons. The molecule has 0 bridgehead atoms. The first-order chi connectivity index (χ1) is 11.9. The highest BCUT2D eigenvalue weighted by molar-refractivity contribution is 7.89. The van der Waals surface area contributed by atoms with Crippen LogP contribution >= 0.6 is 0 Å². The molecule has 0 aromatic heterocycles. The predicted molar refractivity (Wildman–Crippen MR) is 106 cm³/mol. The molecule has 1 aromatic carbocycles. The summed E-state index contributed by atoms with van der Waals surface area (Å²) in [6, 6.07) is 5.16. The third-order valence-electron chi connectivity index (χ3n) is 4.66. The van der Waals surface area contributed by atoms with Crippen molar-refractivity contribution in [1.82, 2.24) is 10.0 Å². The van der Waals surface area contributed by atoms with Crippen LogP contribution in [0.1, 0.15) is 65.9 Å². The summed E-state index contributed by atoms with van der Waals surface area (Å²) >= 11 is 0. The maximum Gasteiger partial charge on any atom is 0.244 e. The van der Waals surface area contributed by atoms with Gasteiger partial charge in [-0.25, -0.2) is 13.1 Å². The summed E-state index contributed by atoms with van der Waals surface area (Å²) in [5.41, 5.74) is 0.741. The first-order valence-corrected chi connectivity index (χ1v) is 11.0. The van der Waals surface area contributed by atoms with Gasteiger partial charge in [-0.05, 0) is 71.6 Å². The smallest absolute Gasteiger partial charge is 0.244 e. The molecule has 148 valence electrons. The van der Waals surface area contributed by atoms with Gasteiger partial charge in [0.25, 0.3) is 0 Å². The zero-order valence-electron chi connectivity index (χ0n) is 17.0. The topological polar surface area (TPSA) is 67.4 Å². The number of benzene rings is 1. The molecule has 1 saturated heterocycles. The fourth-order valence-corrected chi connectivity index (χ4v) is 5.33. The molecule has 1 aliphatic heterocycles. The van der Waals surface area contributed by atoms with Crippen molar-refractivity contribution in [3.63, 3.8) is 0 Å². The number of piperidine rings is 1. The van der Waals surface area contributed by atoms with Gasteiger partial charge in [0, 0.05) is 17.1 Å². The van der Waals surface area contributed by atoms with E-state index in [0.29, 0.717) is 12.4 Å². The summed E-state index contributed by atoms with van der Waals surface area (Å²) in [6.45, 7) is 13.0. The lowest BCUT2D eigenvalue weighted by Gasteiger charge is -2.46. The Morgan fingerprint density at radius 2 is 1.81 bits per heavy atom. The van der Waals surface area contributed by atoms with E-state index in [2.05, 4.69) is 44.7 Å². The molecule has 5 nitrogen and oxygen atoms in total. The van der Waals surface area contributed by atoms with Gasteiger partial charge in [-0.1, -0.05) is 19.4 Å². The largest absolute Gasteiger partial charge is 0.492 e. The second-order valence-electron chi connectivity index (χ2n) is 8.77. The number of aryl methyl sites for hydroxylation is 1. The Hall–Kier alpha value is -1.11. The van der Waals surface area contributed by atoms with E-state index in [1.54, 1.807) is 12.1 Å². The van der Waals surface area contributed by atoms with Gasteiger partial charge in [-0.3, -0.25) is 0 Å². The number of hydrogen-bond donors (Lipinski definition) is 2. The van der Waals surface area contributed by atoms with Crippen LogP contribution in [0.3, 0.4) is 0 Å². The minimum Gasteiger partial charge on any atom is -0.492 e. The molecule has 1 fully saturated rings. The Labute approximate surface area is 159 Å². The number of nitrogens with one attached hydrogen (secondary N) is 2. The summed E-state index contributed by atoms with van der Waals surface area (Å²) in [4.78, 5) is 0.230. The molecule has 1 aliphatic rings. The van der Waals surface area contributed by atoms with E-state index in [1.165, 1.54) is 0 Å². The van der Waals surface area contributed by atoms with Crippen LogP contribution in [0.15, 0.2) is 23.1 Å². The van der Waals surface area contributed by atoms with E-state index in [0.717, 1.165) is 31.2 Å². The highest BCUT2D eigenvalue weighted by Gasteiger charge is 2.39. The minimum absolute atomic E-state index is 0.115. The summed E-state index contributed by atoms with van der Waals surface area (Å²) < 4.78 is 34.9. The van der Waals surface area contributed by atoms with Crippen molar-refractivity contribution >= 4 is 10.0 Å². The van der Waals surface area contributed by atoms with Crippen LogP contribution in [0.25, 0.3) is 0 Å². The normalized spacial score (nSPS) is 20.1. The summed E-state index contributed by atoms with van der Waals surface area (Å²) in [7, 11) is -3.65. The molecule has 1 aromatic rings. The molecule has 2 N–H and O–H groups in total. The molecular formula is C20H34N2O3S. The first kappa shape index (κ1) is 21.2. The molecule has 0 saturated carbocycles. The zero-order chi connectivity index (χ0) is 19.6. The number of rotatable bonds is 7. The Morgan fingerprint density at radius 3 is 2.38 bits per heavy atom. The Morgan fingerprint density at radius 1 is 1.19 bits per heavy atom.